The van der Waals surface area contributed by atoms with E-state index < -0.39 is 0 Å². The van der Waals surface area contributed by atoms with Gasteiger partial charge in [-0.2, -0.15) is 5.10 Å². The number of rotatable bonds is 4. The molecule has 0 unspecified atom stereocenters. The smallest absolute Gasteiger partial charge is 0.181 e. The summed E-state index contributed by atoms with van der Waals surface area (Å²) in [5, 5.41) is 5.58. The first-order chi connectivity index (χ1) is 9.69. The van der Waals surface area contributed by atoms with Crippen LogP contribution in [0.15, 0.2) is 30.7 Å². The fraction of sp³-hybridized carbons (Fsp3) is 0.286. The molecular formula is C14H15IN4O. The summed E-state index contributed by atoms with van der Waals surface area (Å²) in [5.41, 5.74) is 2.26. The SMILES string of the molecule is COCCn1cc(I)c2cc(-c3ncn(C)n3)ccc21. The Balaban J connectivity index is 2.05. The van der Waals surface area contributed by atoms with Gasteiger partial charge in [-0.25, -0.2) is 4.98 Å². The summed E-state index contributed by atoms with van der Waals surface area (Å²) in [6.45, 7) is 1.57. The van der Waals surface area contributed by atoms with Gasteiger partial charge in [-0.15, -0.1) is 0 Å². The summed E-state index contributed by atoms with van der Waals surface area (Å²) in [4.78, 5) is 4.30. The number of benzene rings is 1. The van der Waals surface area contributed by atoms with Gasteiger partial charge in [0, 0.05) is 46.9 Å². The third-order valence-electron chi connectivity index (χ3n) is 3.23. The van der Waals surface area contributed by atoms with Crippen LogP contribution in [0, 0.1) is 3.57 Å². The van der Waals surface area contributed by atoms with Crippen molar-refractivity contribution < 1.29 is 4.74 Å². The van der Waals surface area contributed by atoms with Crippen molar-refractivity contribution in [3.05, 3.63) is 34.3 Å². The van der Waals surface area contributed by atoms with E-state index in [1.54, 1.807) is 18.1 Å². The van der Waals surface area contributed by atoms with Crippen LogP contribution in [0.1, 0.15) is 0 Å². The molecule has 1 aromatic carbocycles. The number of methoxy groups -OCH3 is 1. The lowest BCUT2D eigenvalue weighted by Crippen LogP contribution is -2.02. The fourth-order valence-corrected chi connectivity index (χ4v) is 3.01. The Morgan fingerprint density at radius 2 is 2.20 bits per heavy atom. The maximum atomic E-state index is 5.15. The van der Waals surface area contributed by atoms with E-state index in [1.165, 1.54) is 14.5 Å². The van der Waals surface area contributed by atoms with Gasteiger partial charge in [0.25, 0.3) is 0 Å². The van der Waals surface area contributed by atoms with E-state index in [1.807, 2.05) is 7.05 Å². The molecule has 0 spiro atoms. The van der Waals surface area contributed by atoms with Crippen LogP contribution in [-0.4, -0.2) is 33.0 Å². The lowest BCUT2D eigenvalue weighted by atomic mass is 10.1. The molecular weight excluding hydrogens is 367 g/mol. The molecule has 20 heavy (non-hydrogen) atoms. The normalized spacial score (nSPS) is 11.3. The third-order valence-corrected chi connectivity index (χ3v) is 4.09. The number of hydrogen-bond donors (Lipinski definition) is 0. The first kappa shape index (κ1) is 13.6. The molecule has 0 saturated carbocycles. The molecule has 0 bridgehead atoms. The average Bonchev–Trinajstić information content (AvgIpc) is 3.01. The molecule has 0 N–H and O–H groups in total. The van der Waals surface area contributed by atoms with Crippen LogP contribution < -0.4 is 0 Å². The van der Waals surface area contributed by atoms with E-state index in [9.17, 15) is 0 Å². The van der Waals surface area contributed by atoms with Gasteiger partial charge in [-0.1, -0.05) is 0 Å². The molecule has 6 heteroatoms. The van der Waals surface area contributed by atoms with Gasteiger partial charge in [-0.3, -0.25) is 4.68 Å². The Labute approximate surface area is 130 Å². The van der Waals surface area contributed by atoms with Gasteiger partial charge < -0.3 is 9.30 Å². The van der Waals surface area contributed by atoms with Crippen molar-refractivity contribution in [1.82, 2.24) is 19.3 Å². The lowest BCUT2D eigenvalue weighted by Gasteiger charge is -2.04. The summed E-state index contributed by atoms with van der Waals surface area (Å²) in [6.07, 6.45) is 3.87. The van der Waals surface area contributed by atoms with Gasteiger partial charge in [0.1, 0.15) is 6.33 Å². The highest BCUT2D eigenvalue weighted by atomic mass is 127. The summed E-state index contributed by atoms with van der Waals surface area (Å²) in [5.74, 6) is 0.759. The number of nitrogens with zero attached hydrogens (tertiary/aromatic N) is 4. The maximum absolute atomic E-state index is 5.15. The molecule has 0 fully saturated rings. The minimum atomic E-state index is 0.712. The van der Waals surface area contributed by atoms with Crippen LogP contribution in [0.5, 0.6) is 0 Å². The molecule has 5 nitrogen and oxygen atoms in total. The first-order valence-electron chi connectivity index (χ1n) is 6.32. The van der Waals surface area contributed by atoms with Crippen LogP contribution in [0.25, 0.3) is 22.3 Å². The zero-order chi connectivity index (χ0) is 14.1. The number of hydrogen-bond acceptors (Lipinski definition) is 3. The molecule has 2 heterocycles. The molecule has 0 amide bonds. The standard InChI is InChI=1S/C14H15IN4O/c1-18-9-16-14(17-18)10-3-4-13-11(7-10)12(15)8-19(13)5-6-20-2/h3-4,7-9H,5-6H2,1-2H3. The van der Waals surface area contributed by atoms with Crippen LogP contribution in [0.2, 0.25) is 0 Å². The molecule has 0 saturated heterocycles. The van der Waals surface area contributed by atoms with E-state index in [0.29, 0.717) is 6.61 Å². The second-order valence-electron chi connectivity index (χ2n) is 4.64. The Morgan fingerprint density at radius 3 is 2.90 bits per heavy atom. The Hall–Kier alpha value is -1.41. The van der Waals surface area contributed by atoms with Gasteiger partial charge in [0.2, 0.25) is 0 Å². The van der Waals surface area contributed by atoms with Crippen LogP contribution in [-0.2, 0) is 18.3 Å². The highest BCUT2D eigenvalue weighted by Gasteiger charge is 2.10. The molecule has 3 aromatic rings. The van der Waals surface area contributed by atoms with Crippen molar-refractivity contribution in [1.29, 1.82) is 0 Å². The predicted octanol–water partition coefficient (Wildman–Crippen LogP) is 2.69. The Morgan fingerprint density at radius 1 is 1.35 bits per heavy atom. The number of aryl methyl sites for hydroxylation is 1. The maximum Gasteiger partial charge on any atom is 0.181 e. The quantitative estimate of drug-likeness (QED) is 0.652. The summed E-state index contributed by atoms with van der Waals surface area (Å²) < 4.78 is 10.3. The second-order valence-corrected chi connectivity index (χ2v) is 5.80. The average molecular weight is 382 g/mol. The number of ether oxygens (including phenoxy) is 1. The molecule has 0 aliphatic carbocycles. The largest absolute Gasteiger partial charge is 0.383 e. The molecule has 3 rings (SSSR count). The highest BCUT2D eigenvalue weighted by Crippen LogP contribution is 2.27. The van der Waals surface area contributed by atoms with Gasteiger partial charge in [-0.05, 0) is 40.8 Å². The summed E-state index contributed by atoms with van der Waals surface area (Å²) in [6, 6.07) is 6.34. The second kappa shape index (κ2) is 5.53. The van der Waals surface area contributed by atoms with Gasteiger partial charge in [0.05, 0.1) is 6.61 Å². The molecule has 2 aromatic heterocycles. The van der Waals surface area contributed by atoms with E-state index in [0.717, 1.165) is 17.9 Å². The van der Waals surface area contributed by atoms with Crippen LogP contribution in [0.3, 0.4) is 0 Å². The lowest BCUT2D eigenvalue weighted by molar-refractivity contribution is 0.188. The van der Waals surface area contributed by atoms with Crippen molar-refractivity contribution in [2.75, 3.05) is 13.7 Å². The topological polar surface area (TPSA) is 44.9 Å². The molecule has 104 valence electrons. The number of fused-ring (bicyclic) bond motifs is 1. The van der Waals surface area contributed by atoms with Gasteiger partial charge in [0.15, 0.2) is 5.82 Å². The number of aromatic nitrogens is 4. The molecule has 0 aliphatic rings. The Bertz CT molecular complexity index is 747. The zero-order valence-corrected chi connectivity index (χ0v) is 13.5. The monoisotopic (exact) mass is 382 g/mol. The summed E-state index contributed by atoms with van der Waals surface area (Å²) in [7, 11) is 3.60. The van der Waals surface area contributed by atoms with Crippen molar-refractivity contribution >= 4 is 33.5 Å². The van der Waals surface area contributed by atoms with E-state index in [-0.39, 0.29) is 0 Å². The minimum absolute atomic E-state index is 0.712. The van der Waals surface area contributed by atoms with Crippen LogP contribution in [0.4, 0.5) is 0 Å². The van der Waals surface area contributed by atoms with E-state index in [4.69, 9.17) is 4.74 Å². The van der Waals surface area contributed by atoms with Crippen molar-refractivity contribution in [2.45, 2.75) is 6.54 Å². The summed E-state index contributed by atoms with van der Waals surface area (Å²) >= 11 is 2.36. The zero-order valence-electron chi connectivity index (χ0n) is 11.4. The minimum Gasteiger partial charge on any atom is -0.383 e. The molecule has 0 aliphatic heterocycles. The van der Waals surface area contributed by atoms with Crippen molar-refractivity contribution in [2.24, 2.45) is 7.05 Å². The Kier molecular flexibility index (Phi) is 3.75. The highest BCUT2D eigenvalue weighted by molar-refractivity contribution is 14.1. The predicted molar refractivity (Wildman–Crippen MR) is 86.5 cm³/mol. The molecule has 0 atom stereocenters. The van der Waals surface area contributed by atoms with Crippen molar-refractivity contribution in [3.8, 4) is 11.4 Å². The van der Waals surface area contributed by atoms with E-state index >= 15 is 0 Å². The third kappa shape index (κ3) is 2.45. The van der Waals surface area contributed by atoms with Crippen LogP contribution >= 0.6 is 22.6 Å². The number of halogens is 1. The van der Waals surface area contributed by atoms with Crippen molar-refractivity contribution in [3.63, 3.8) is 0 Å². The van der Waals surface area contributed by atoms with Gasteiger partial charge >= 0.3 is 0 Å². The fourth-order valence-electron chi connectivity index (χ4n) is 2.24. The van der Waals surface area contributed by atoms with E-state index in [2.05, 4.69) is 61.6 Å². The first-order valence-corrected chi connectivity index (χ1v) is 7.40. The molecule has 0 radical (unpaired) electrons.